The second kappa shape index (κ2) is 7.63. The van der Waals surface area contributed by atoms with Crippen LogP contribution in [0.5, 0.6) is 0 Å². The first-order valence-corrected chi connectivity index (χ1v) is 9.58. The molecule has 0 aliphatic carbocycles. The van der Waals surface area contributed by atoms with Crippen molar-refractivity contribution in [1.29, 1.82) is 0 Å². The molecule has 1 aromatic heterocycles. The summed E-state index contributed by atoms with van der Waals surface area (Å²) < 4.78 is 9.16. The van der Waals surface area contributed by atoms with Gasteiger partial charge in [-0.2, -0.15) is 4.99 Å². The summed E-state index contributed by atoms with van der Waals surface area (Å²) in [6.45, 7) is -0.00934. The fourth-order valence-electron chi connectivity index (χ4n) is 2.22. The van der Waals surface area contributed by atoms with E-state index in [1.165, 1.54) is 18.4 Å². The number of hydrogen-bond acceptors (Lipinski definition) is 4. The van der Waals surface area contributed by atoms with Crippen molar-refractivity contribution in [2.45, 2.75) is 6.54 Å². The molecular weight excluding hydrogens is 472 g/mol. The molecule has 0 fully saturated rings. The molecule has 2 aromatic carbocycles. The minimum Gasteiger partial charge on any atom is -0.468 e. The number of fused-ring (bicyclic) bond motifs is 1. The lowest BCUT2D eigenvalue weighted by Crippen LogP contribution is -2.22. The van der Waals surface area contributed by atoms with Gasteiger partial charge in [-0.25, -0.2) is 0 Å². The number of hydrogen-bond donors (Lipinski definition) is 0. The number of rotatable bonds is 3. The van der Waals surface area contributed by atoms with Crippen LogP contribution in [-0.4, -0.2) is 23.6 Å². The second-order valence-electron chi connectivity index (χ2n) is 5.08. The minimum atomic E-state index is -0.403. The number of ether oxygens (including phenoxy) is 1. The Balaban J connectivity index is 2.13. The first kappa shape index (κ1) is 18.0. The van der Waals surface area contributed by atoms with Crippen LogP contribution in [0.2, 0.25) is 0 Å². The lowest BCUT2D eigenvalue weighted by atomic mass is 10.2. The van der Waals surface area contributed by atoms with E-state index in [9.17, 15) is 9.59 Å². The fourth-order valence-corrected chi connectivity index (χ4v) is 4.07. The van der Waals surface area contributed by atoms with Gasteiger partial charge in [0.2, 0.25) is 0 Å². The van der Waals surface area contributed by atoms with Gasteiger partial charge in [-0.3, -0.25) is 9.59 Å². The van der Waals surface area contributed by atoms with Gasteiger partial charge in [0.05, 0.1) is 17.3 Å². The van der Waals surface area contributed by atoms with Crippen molar-refractivity contribution >= 4 is 65.3 Å². The van der Waals surface area contributed by atoms with E-state index >= 15 is 0 Å². The third-order valence-electron chi connectivity index (χ3n) is 3.45. The Kier molecular flexibility index (Phi) is 5.51. The molecule has 1 heterocycles. The highest BCUT2D eigenvalue weighted by Crippen LogP contribution is 2.22. The van der Waals surface area contributed by atoms with Crippen LogP contribution in [0.3, 0.4) is 0 Å². The Bertz CT molecular complexity index is 1020. The van der Waals surface area contributed by atoms with Gasteiger partial charge >= 0.3 is 5.97 Å². The second-order valence-corrected chi connectivity index (χ2v) is 7.92. The summed E-state index contributed by atoms with van der Waals surface area (Å²) in [5.74, 6) is -0.767. The summed E-state index contributed by atoms with van der Waals surface area (Å²) >= 11 is 8.11. The summed E-state index contributed by atoms with van der Waals surface area (Å²) in [5, 5.41) is 0. The van der Waals surface area contributed by atoms with Gasteiger partial charge in [-0.05, 0) is 42.5 Å². The van der Waals surface area contributed by atoms with E-state index in [0.717, 1.165) is 19.2 Å². The van der Waals surface area contributed by atoms with Crippen molar-refractivity contribution < 1.29 is 14.3 Å². The first-order chi connectivity index (χ1) is 12.0. The molecule has 128 valence electrons. The van der Waals surface area contributed by atoms with Crippen LogP contribution in [0, 0.1) is 0 Å². The van der Waals surface area contributed by atoms with Crippen molar-refractivity contribution in [3.63, 3.8) is 0 Å². The number of esters is 1. The number of methoxy groups -OCH3 is 1. The van der Waals surface area contributed by atoms with E-state index in [2.05, 4.69) is 36.9 Å². The maximum absolute atomic E-state index is 12.5. The zero-order valence-electron chi connectivity index (χ0n) is 13.0. The molecule has 0 bridgehead atoms. The zero-order chi connectivity index (χ0) is 18.0. The molecule has 0 saturated carbocycles. The van der Waals surface area contributed by atoms with Gasteiger partial charge in [-0.1, -0.05) is 43.2 Å². The molecule has 5 nitrogen and oxygen atoms in total. The third-order valence-corrected chi connectivity index (χ3v) is 5.51. The van der Waals surface area contributed by atoms with Crippen LogP contribution in [-0.2, 0) is 16.1 Å². The maximum Gasteiger partial charge on any atom is 0.325 e. The van der Waals surface area contributed by atoms with Crippen LogP contribution in [0.25, 0.3) is 10.2 Å². The van der Waals surface area contributed by atoms with Gasteiger partial charge in [0.25, 0.3) is 5.91 Å². The van der Waals surface area contributed by atoms with Crippen LogP contribution < -0.4 is 4.80 Å². The number of thiazole rings is 1. The summed E-state index contributed by atoms with van der Waals surface area (Å²) in [5.41, 5.74) is 1.30. The molecule has 0 aliphatic heterocycles. The van der Waals surface area contributed by atoms with Gasteiger partial charge in [-0.15, -0.1) is 0 Å². The molecule has 0 radical (unpaired) electrons. The van der Waals surface area contributed by atoms with Crippen molar-refractivity contribution in [2.75, 3.05) is 7.11 Å². The van der Waals surface area contributed by atoms with E-state index in [4.69, 9.17) is 4.74 Å². The molecule has 0 saturated heterocycles. The van der Waals surface area contributed by atoms with Crippen LogP contribution in [0.15, 0.2) is 56.4 Å². The van der Waals surface area contributed by atoms with Gasteiger partial charge in [0.15, 0.2) is 4.80 Å². The van der Waals surface area contributed by atoms with Crippen LogP contribution in [0.1, 0.15) is 10.4 Å². The van der Waals surface area contributed by atoms with E-state index in [1.54, 1.807) is 28.8 Å². The summed E-state index contributed by atoms with van der Waals surface area (Å²) in [6.07, 6.45) is 0. The number of amides is 1. The molecule has 0 N–H and O–H groups in total. The monoisotopic (exact) mass is 482 g/mol. The molecular formula is C17H12Br2N2O3S. The Labute approximate surface area is 164 Å². The number of carbonyl (C=O) groups is 2. The van der Waals surface area contributed by atoms with Crippen molar-refractivity contribution in [3.8, 4) is 0 Å². The van der Waals surface area contributed by atoms with E-state index in [1.807, 2.05) is 18.2 Å². The van der Waals surface area contributed by atoms with Crippen LogP contribution >= 0.6 is 43.2 Å². The molecule has 8 heteroatoms. The SMILES string of the molecule is COC(=O)Cn1c(=NC(=O)c2ccc(Br)cc2)sc2cc(Br)ccc21. The van der Waals surface area contributed by atoms with Crippen molar-refractivity contribution in [1.82, 2.24) is 4.57 Å². The van der Waals surface area contributed by atoms with E-state index in [0.29, 0.717) is 10.4 Å². The van der Waals surface area contributed by atoms with Gasteiger partial charge in [0.1, 0.15) is 6.54 Å². The number of benzene rings is 2. The smallest absolute Gasteiger partial charge is 0.325 e. The van der Waals surface area contributed by atoms with Crippen LogP contribution in [0.4, 0.5) is 0 Å². The molecule has 3 aromatic rings. The summed E-state index contributed by atoms with van der Waals surface area (Å²) in [6, 6.07) is 12.7. The summed E-state index contributed by atoms with van der Waals surface area (Å²) in [7, 11) is 1.33. The molecule has 0 spiro atoms. The van der Waals surface area contributed by atoms with Gasteiger partial charge in [0, 0.05) is 14.5 Å². The average Bonchev–Trinajstić information content (AvgIpc) is 2.91. The molecule has 3 rings (SSSR count). The molecule has 25 heavy (non-hydrogen) atoms. The standard InChI is InChI=1S/C17H12Br2N2O3S/c1-24-15(22)9-21-13-7-6-12(19)8-14(13)25-17(21)20-16(23)10-2-4-11(18)5-3-10/h2-8H,9H2,1H3. The summed E-state index contributed by atoms with van der Waals surface area (Å²) in [4.78, 5) is 28.9. The predicted octanol–water partition coefficient (Wildman–Crippen LogP) is 4.14. The zero-order valence-corrected chi connectivity index (χ0v) is 17.0. The molecule has 0 unspecified atom stereocenters. The van der Waals surface area contributed by atoms with Gasteiger partial charge < -0.3 is 9.30 Å². The largest absolute Gasteiger partial charge is 0.468 e. The third kappa shape index (κ3) is 4.08. The van der Waals surface area contributed by atoms with E-state index in [-0.39, 0.29) is 12.5 Å². The van der Waals surface area contributed by atoms with Crippen molar-refractivity contribution in [3.05, 3.63) is 61.8 Å². The topological polar surface area (TPSA) is 60.7 Å². The fraction of sp³-hybridized carbons (Fsp3) is 0.118. The Morgan fingerprint density at radius 2 is 1.80 bits per heavy atom. The molecule has 0 atom stereocenters. The maximum atomic E-state index is 12.5. The van der Waals surface area contributed by atoms with E-state index < -0.39 is 5.97 Å². The highest BCUT2D eigenvalue weighted by molar-refractivity contribution is 9.10. The quantitative estimate of drug-likeness (QED) is 0.526. The Morgan fingerprint density at radius 3 is 2.48 bits per heavy atom. The lowest BCUT2D eigenvalue weighted by molar-refractivity contribution is -0.141. The number of nitrogens with zero attached hydrogens (tertiary/aromatic N) is 2. The number of carbonyl (C=O) groups excluding carboxylic acids is 2. The average molecular weight is 484 g/mol. The molecule has 1 amide bonds. The highest BCUT2D eigenvalue weighted by Gasteiger charge is 2.12. The number of halogens is 2. The Morgan fingerprint density at radius 1 is 1.12 bits per heavy atom. The number of aromatic nitrogens is 1. The Hall–Kier alpha value is -1.77. The normalized spacial score (nSPS) is 11.7. The lowest BCUT2D eigenvalue weighted by Gasteiger charge is -2.03. The minimum absolute atomic E-state index is 0.00934. The first-order valence-electron chi connectivity index (χ1n) is 7.18. The molecule has 0 aliphatic rings. The highest BCUT2D eigenvalue weighted by atomic mass is 79.9. The van der Waals surface area contributed by atoms with Crippen molar-refractivity contribution in [2.24, 2.45) is 4.99 Å². The predicted molar refractivity (Wildman–Crippen MR) is 104 cm³/mol.